The zero-order valence-corrected chi connectivity index (χ0v) is 16.3. The molecule has 0 atom stereocenters. The van der Waals surface area contributed by atoms with Gasteiger partial charge in [-0.2, -0.15) is 0 Å². The van der Waals surface area contributed by atoms with Crippen LogP contribution in [0, 0.1) is 10.1 Å². The molecule has 148 valence electrons. The van der Waals surface area contributed by atoms with Crippen LogP contribution in [-0.2, 0) is 16.0 Å². The van der Waals surface area contributed by atoms with E-state index in [1.807, 2.05) is 0 Å². The van der Waals surface area contributed by atoms with Crippen molar-refractivity contribution in [1.82, 2.24) is 0 Å². The first-order valence-electron chi connectivity index (χ1n) is 8.65. The highest BCUT2D eigenvalue weighted by molar-refractivity contribution is 5.94. The van der Waals surface area contributed by atoms with Crippen LogP contribution in [0.5, 0.6) is 0 Å². The molecule has 0 saturated carbocycles. The quantitative estimate of drug-likeness (QED) is 0.615. The fraction of sp³-hybridized carbons (Fsp3) is 0.300. The Morgan fingerprint density at radius 3 is 2.14 bits per heavy atom. The predicted molar refractivity (Wildman–Crippen MR) is 107 cm³/mol. The fourth-order valence-corrected chi connectivity index (χ4v) is 2.36. The molecular formula is C20H23N3O5. The average Bonchev–Trinajstić information content (AvgIpc) is 2.61. The molecule has 0 radical (unpaired) electrons. The minimum atomic E-state index is -0.584. The molecule has 1 N–H and O–H groups in total. The number of anilines is 2. The fourth-order valence-electron chi connectivity index (χ4n) is 2.36. The normalized spacial score (nSPS) is 10.9. The van der Waals surface area contributed by atoms with Gasteiger partial charge in [0.2, 0.25) is 5.91 Å². The van der Waals surface area contributed by atoms with E-state index in [9.17, 15) is 19.7 Å². The van der Waals surface area contributed by atoms with Crippen LogP contribution in [0.2, 0.25) is 0 Å². The second-order valence-corrected chi connectivity index (χ2v) is 7.23. The van der Waals surface area contributed by atoms with Crippen LogP contribution in [0.1, 0.15) is 26.3 Å². The molecule has 0 unspecified atom stereocenters. The number of nitro benzene ring substituents is 1. The standard InChI is InChI=1S/C20H23N3O5/c1-20(2,3)28-19(25)21-15-7-5-14(6-8-15)13-18(24)22(4)16-9-11-17(12-10-16)23(26)27/h5-12H,13H2,1-4H3,(H,21,25). The first kappa shape index (κ1) is 20.9. The molecule has 28 heavy (non-hydrogen) atoms. The molecule has 0 fully saturated rings. The molecule has 0 aliphatic carbocycles. The summed E-state index contributed by atoms with van der Waals surface area (Å²) in [7, 11) is 1.61. The van der Waals surface area contributed by atoms with Crippen LogP contribution in [-0.4, -0.2) is 29.6 Å². The summed E-state index contributed by atoms with van der Waals surface area (Å²) in [4.78, 5) is 35.9. The Morgan fingerprint density at radius 1 is 1.07 bits per heavy atom. The number of nitrogens with zero attached hydrogens (tertiary/aromatic N) is 2. The number of likely N-dealkylation sites (N-methyl/N-ethyl adjacent to an activating group) is 1. The van der Waals surface area contributed by atoms with Gasteiger partial charge in [0.15, 0.2) is 0 Å². The van der Waals surface area contributed by atoms with E-state index in [1.54, 1.807) is 52.1 Å². The van der Waals surface area contributed by atoms with Gasteiger partial charge in [-0.25, -0.2) is 4.79 Å². The summed E-state index contributed by atoms with van der Waals surface area (Å²) in [5.41, 5.74) is 1.29. The number of ether oxygens (including phenoxy) is 1. The maximum Gasteiger partial charge on any atom is 0.412 e. The number of nitrogens with one attached hydrogen (secondary N) is 1. The van der Waals surface area contributed by atoms with E-state index in [-0.39, 0.29) is 18.0 Å². The Kier molecular flexibility index (Phi) is 6.35. The van der Waals surface area contributed by atoms with Crippen molar-refractivity contribution in [2.45, 2.75) is 32.8 Å². The van der Waals surface area contributed by atoms with Crippen molar-refractivity contribution in [3.8, 4) is 0 Å². The van der Waals surface area contributed by atoms with Crippen LogP contribution in [0.4, 0.5) is 21.9 Å². The van der Waals surface area contributed by atoms with Crippen molar-refractivity contribution in [2.75, 3.05) is 17.3 Å². The highest BCUT2D eigenvalue weighted by atomic mass is 16.6. The minimum absolute atomic E-state index is 0.0299. The third-order valence-corrected chi connectivity index (χ3v) is 3.78. The van der Waals surface area contributed by atoms with Gasteiger partial charge < -0.3 is 9.64 Å². The van der Waals surface area contributed by atoms with E-state index >= 15 is 0 Å². The topological polar surface area (TPSA) is 102 Å². The smallest absolute Gasteiger partial charge is 0.412 e. The van der Waals surface area contributed by atoms with E-state index in [1.165, 1.54) is 29.2 Å². The lowest BCUT2D eigenvalue weighted by molar-refractivity contribution is -0.384. The van der Waals surface area contributed by atoms with Gasteiger partial charge in [-0.15, -0.1) is 0 Å². The van der Waals surface area contributed by atoms with E-state index in [0.717, 1.165) is 5.56 Å². The monoisotopic (exact) mass is 385 g/mol. The summed E-state index contributed by atoms with van der Waals surface area (Å²) in [5.74, 6) is -0.165. The number of carbonyl (C=O) groups excluding carboxylic acids is 2. The molecule has 0 spiro atoms. The van der Waals surface area contributed by atoms with E-state index in [2.05, 4.69) is 5.32 Å². The highest BCUT2D eigenvalue weighted by Gasteiger charge is 2.17. The lowest BCUT2D eigenvalue weighted by Crippen LogP contribution is -2.28. The Morgan fingerprint density at radius 2 is 1.64 bits per heavy atom. The molecule has 0 saturated heterocycles. The molecule has 8 heteroatoms. The zero-order valence-electron chi connectivity index (χ0n) is 16.3. The van der Waals surface area contributed by atoms with Gasteiger partial charge in [0.05, 0.1) is 11.3 Å². The van der Waals surface area contributed by atoms with Gasteiger partial charge in [-0.05, 0) is 50.6 Å². The molecule has 0 heterocycles. The van der Waals surface area contributed by atoms with Crippen LogP contribution in [0.25, 0.3) is 0 Å². The molecule has 2 aromatic carbocycles. The maximum absolute atomic E-state index is 12.5. The minimum Gasteiger partial charge on any atom is -0.444 e. The number of amides is 2. The lowest BCUT2D eigenvalue weighted by Gasteiger charge is -2.20. The summed E-state index contributed by atoms with van der Waals surface area (Å²) in [5, 5.41) is 13.3. The summed E-state index contributed by atoms with van der Waals surface area (Å²) in [6.45, 7) is 5.34. The molecule has 2 rings (SSSR count). The molecule has 8 nitrogen and oxygen atoms in total. The number of rotatable bonds is 5. The number of hydrogen-bond donors (Lipinski definition) is 1. The zero-order chi connectivity index (χ0) is 20.9. The highest BCUT2D eigenvalue weighted by Crippen LogP contribution is 2.20. The van der Waals surface area contributed by atoms with Crippen LogP contribution in [0.3, 0.4) is 0 Å². The van der Waals surface area contributed by atoms with Gasteiger partial charge in [0.25, 0.3) is 5.69 Å². The largest absolute Gasteiger partial charge is 0.444 e. The molecule has 0 aromatic heterocycles. The first-order valence-corrected chi connectivity index (χ1v) is 8.65. The maximum atomic E-state index is 12.5. The Hall–Kier alpha value is -3.42. The predicted octanol–water partition coefficient (Wildman–Crippen LogP) is 4.15. The Balaban J connectivity index is 1.96. The lowest BCUT2D eigenvalue weighted by atomic mass is 10.1. The van der Waals surface area contributed by atoms with Crippen molar-refractivity contribution < 1.29 is 19.2 Å². The third-order valence-electron chi connectivity index (χ3n) is 3.78. The van der Waals surface area contributed by atoms with Crippen molar-refractivity contribution in [3.63, 3.8) is 0 Å². The SMILES string of the molecule is CN(C(=O)Cc1ccc(NC(=O)OC(C)(C)C)cc1)c1ccc([N+](=O)[O-])cc1. The van der Waals surface area contributed by atoms with E-state index < -0.39 is 16.6 Å². The van der Waals surface area contributed by atoms with Crippen LogP contribution < -0.4 is 10.2 Å². The van der Waals surface area contributed by atoms with Crippen molar-refractivity contribution in [2.24, 2.45) is 0 Å². The molecule has 2 aromatic rings. The summed E-state index contributed by atoms with van der Waals surface area (Å²) in [6, 6.07) is 12.7. The third kappa shape index (κ3) is 6.08. The van der Waals surface area contributed by atoms with Gasteiger partial charge in [0, 0.05) is 30.6 Å². The number of non-ortho nitro benzene ring substituents is 1. The number of hydrogen-bond acceptors (Lipinski definition) is 5. The molecule has 0 aliphatic rings. The summed E-state index contributed by atoms with van der Waals surface area (Å²) < 4.78 is 5.19. The molecule has 2 amide bonds. The number of benzene rings is 2. The van der Waals surface area contributed by atoms with Crippen LogP contribution in [0.15, 0.2) is 48.5 Å². The van der Waals surface area contributed by atoms with Gasteiger partial charge in [0.1, 0.15) is 5.60 Å². The second-order valence-electron chi connectivity index (χ2n) is 7.23. The molecule has 0 bridgehead atoms. The van der Waals surface area contributed by atoms with Crippen molar-refractivity contribution in [3.05, 3.63) is 64.2 Å². The van der Waals surface area contributed by atoms with E-state index in [4.69, 9.17) is 4.74 Å². The first-order chi connectivity index (χ1) is 13.0. The number of carbonyl (C=O) groups is 2. The summed E-state index contributed by atoms with van der Waals surface area (Å²) in [6.07, 6.45) is -0.394. The average molecular weight is 385 g/mol. The van der Waals surface area contributed by atoms with Gasteiger partial charge in [-0.1, -0.05) is 12.1 Å². The summed E-state index contributed by atoms with van der Waals surface area (Å²) >= 11 is 0. The van der Waals surface area contributed by atoms with E-state index in [0.29, 0.717) is 11.4 Å². The second kappa shape index (κ2) is 8.51. The Labute approximate surface area is 163 Å². The van der Waals surface area contributed by atoms with Gasteiger partial charge in [-0.3, -0.25) is 20.2 Å². The van der Waals surface area contributed by atoms with Crippen molar-refractivity contribution >= 4 is 29.1 Å². The van der Waals surface area contributed by atoms with Crippen molar-refractivity contribution in [1.29, 1.82) is 0 Å². The molecule has 0 aliphatic heterocycles. The Bertz CT molecular complexity index is 855. The van der Waals surface area contributed by atoms with Crippen LogP contribution >= 0.6 is 0 Å². The number of nitro groups is 1. The molecular weight excluding hydrogens is 362 g/mol. The van der Waals surface area contributed by atoms with Gasteiger partial charge >= 0.3 is 6.09 Å².